The summed E-state index contributed by atoms with van der Waals surface area (Å²) in [5.41, 5.74) is 0. The highest BCUT2D eigenvalue weighted by atomic mass is 16.8. The highest BCUT2D eigenvalue weighted by Gasteiger charge is 2.53. The standard InChI is InChI=1S/C68H117NO18/c1-3-5-7-9-11-13-15-17-19-21-22-23-24-25-26-27-28-30-32-34-36-38-40-42-44-46-56(74)69-51(52(73)45-43-41-39-37-35-33-31-29-20-18-16-14-12-10-8-6-4-2)50-82-66-62(80)59(77)64(54(48-71)84-66)87-68-63(81)60(78)65(55(49-72)85-68)86-67-61(79)58(76)57(75)53(47-70)83-67/h5,7,11,13,17,19,22-23,25-26,28,30,34,36,51-55,57-68,70-73,75-81H,3-4,6,8-10,12,14-16,18,20-21,24,27,29,31-33,35,37-50H2,1-2H3,(H,69,74)/b7-5-,13-11-,19-17-,23-22-,26-25-,30-28-,36-34-. The predicted molar refractivity (Wildman–Crippen MR) is 337 cm³/mol. The SMILES string of the molecule is CC/C=C\C/C=C\C/C=C\C/C=C\C/C=C\C/C=C\C/C=C\CCCCCC(=O)NC(COC1OC(CO)C(OC2OC(CO)C(OC3OC(CO)C(O)C(O)C3O)C(O)C2O)C(O)C1O)C(O)CCCCCCCCCCCCCCCCCCC. The minimum Gasteiger partial charge on any atom is -0.394 e. The lowest BCUT2D eigenvalue weighted by Crippen LogP contribution is -2.66. The molecule has 0 bridgehead atoms. The first kappa shape index (κ1) is 78.2. The average Bonchev–Trinajstić information content (AvgIpc) is 1.15. The van der Waals surface area contributed by atoms with Crippen LogP contribution in [0, 0.1) is 0 Å². The Bertz CT molecular complexity index is 1910. The summed E-state index contributed by atoms with van der Waals surface area (Å²) in [6.07, 6.45) is 35.1. The van der Waals surface area contributed by atoms with Crippen molar-refractivity contribution in [1.82, 2.24) is 5.32 Å². The minimum absolute atomic E-state index is 0.221. The fourth-order valence-electron chi connectivity index (χ4n) is 10.8. The van der Waals surface area contributed by atoms with Gasteiger partial charge in [0.05, 0.1) is 38.6 Å². The van der Waals surface area contributed by atoms with Gasteiger partial charge in [0.25, 0.3) is 0 Å². The molecule has 3 aliphatic heterocycles. The summed E-state index contributed by atoms with van der Waals surface area (Å²) in [7, 11) is 0. The van der Waals surface area contributed by atoms with Crippen LogP contribution in [0.15, 0.2) is 85.1 Å². The number of amides is 1. The van der Waals surface area contributed by atoms with Crippen molar-refractivity contribution in [2.75, 3.05) is 26.4 Å². The molecule has 3 aliphatic rings. The third-order valence-corrected chi connectivity index (χ3v) is 16.2. The van der Waals surface area contributed by atoms with Gasteiger partial charge in [-0.3, -0.25) is 4.79 Å². The number of hydrogen-bond acceptors (Lipinski definition) is 18. The maximum atomic E-state index is 13.4. The summed E-state index contributed by atoms with van der Waals surface area (Å²) in [6, 6.07) is -0.911. The van der Waals surface area contributed by atoms with Crippen molar-refractivity contribution in [2.45, 2.75) is 311 Å². The number of hydrogen-bond donors (Lipinski definition) is 12. The van der Waals surface area contributed by atoms with E-state index < -0.39 is 124 Å². The van der Waals surface area contributed by atoms with Gasteiger partial charge < -0.3 is 89.9 Å². The van der Waals surface area contributed by atoms with Crippen molar-refractivity contribution in [3.05, 3.63) is 85.1 Å². The van der Waals surface area contributed by atoms with Gasteiger partial charge in [-0.2, -0.15) is 0 Å². The summed E-state index contributed by atoms with van der Waals surface area (Å²) in [4.78, 5) is 13.4. The van der Waals surface area contributed by atoms with Crippen LogP contribution in [-0.4, -0.2) is 193 Å². The van der Waals surface area contributed by atoms with Gasteiger partial charge in [-0.15, -0.1) is 0 Å². The molecule has 0 aliphatic carbocycles. The van der Waals surface area contributed by atoms with Gasteiger partial charge in [-0.25, -0.2) is 0 Å². The Morgan fingerprint density at radius 3 is 1.23 bits per heavy atom. The van der Waals surface area contributed by atoms with Crippen LogP contribution in [0.25, 0.3) is 0 Å². The minimum atomic E-state index is -1.98. The predicted octanol–water partition coefficient (Wildman–Crippen LogP) is 7.93. The number of carbonyl (C=O) groups excluding carboxylic acids is 1. The maximum Gasteiger partial charge on any atom is 0.220 e. The number of aliphatic hydroxyl groups is 11. The summed E-state index contributed by atoms with van der Waals surface area (Å²) in [5.74, 6) is -0.277. The number of allylic oxidation sites excluding steroid dienone is 14. The van der Waals surface area contributed by atoms with E-state index in [1.54, 1.807) is 0 Å². The fraction of sp³-hybridized carbons (Fsp3) is 0.779. The second kappa shape index (κ2) is 49.6. The van der Waals surface area contributed by atoms with Crippen LogP contribution in [0.3, 0.4) is 0 Å². The molecule has 3 saturated heterocycles. The zero-order valence-electron chi connectivity index (χ0n) is 52.7. The average molecular weight is 1240 g/mol. The van der Waals surface area contributed by atoms with E-state index in [0.29, 0.717) is 19.3 Å². The normalized spacial score (nSPS) is 29.1. The van der Waals surface area contributed by atoms with E-state index in [1.165, 1.54) is 83.5 Å². The lowest BCUT2D eigenvalue weighted by Gasteiger charge is -2.48. The molecule has 3 heterocycles. The molecule has 0 radical (unpaired) electrons. The van der Waals surface area contributed by atoms with Gasteiger partial charge in [0.1, 0.15) is 73.2 Å². The molecule has 19 heteroatoms. The first-order valence-electron chi connectivity index (χ1n) is 33.3. The molecule has 3 rings (SSSR count). The van der Waals surface area contributed by atoms with Gasteiger partial charge in [-0.1, -0.05) is 214 Å². The van der Waals surface area contributed by atoms with Gasteiger partial charge in [0.2, 0.25) is 5.91 Å². The van der Waals surface area contributed by atoms with Crippen LogP contribution in [0.2, 0.25) is 0 Å². The van der Waals surface area contributed by atoms with Crippen molar-refractivity contribution >= 4 is 5.91 Å². The number of aliphatic hydroxyl groups excluding tert-OH is 11. The van der Waals surface area contributed by atoms with Gasteiger partial charge >= 0.3 is 0 Å². The maximum absolute atomic E-state index is 13.4. The van der Waals surface area contributed by atoms with Crippen molar-refractivity contribution in [1.29, 1.82) is 0 Å². The van der Waals surface area contributed by atoms with E-state index in [4.69, 9.17) is 28.4 Å². The van der Waals surface area contributed by atoms with Crippen LogP contribution >= 0.6 is 0 Å². The van der Waals surface area contributed by atoms with Crippen LogP contribution < -0.4 is 5.32 Å². The lowest BCUT2D eigenvalue weighted by atomic mass is 9.96. The Hall–Kier alpha value is -3.03. The van der Waals surface area contributed by atoms with E-state index in [2.05, 4.69) is 104 Å². The summed E-state index contributed by atoms with van der Waals surface area (Å²) >= 11 is 0. The lowest BCUT2D eigenvalue weighted by molar-refractivity contribution is -0.379. The molecule has 19 nitrogen and oxygen atoms in total. The Morgan fingerprint density at radius 2 is 0.793 bits per heavy atom. The molecule has 17 atom stereocenters. The first-order chi connectivity index (χ1) is 42.3. The Kier molecular flexibility index (Phi) is 44.6. The third-order valence-electron chi connectivity index (χ3n) is 16.2. The van der Waals surface area contributed by atoms with Crippen LogP contribution in [0.1, 0.15) is 206 Å². The summed E-state index contributed by atoms with van der Waals surface area (Å²) < 4.78 is 34.4. The zero-order chi connectivity index (χ0) is 63.3. The summed E-state index contributed by atoms with van der Waals surface area (Å²) in [5, 5.41) is 121. The van der Waals surface area contributed by atoms with Crippen LogP contribution in [0.5, 0.6) is 0 Å². The topological polar surface area (TPSA) is 307 Å². The smallest absolute Gasteiger partial charge is 0.220 e. The molecule has 0 saturated carbocycles. The van der Waals surface area contributed by atoms with Crippen molar-refractivity contribution < 1.29 is 89.4 Å². The number of carbonyl (C=O) groups is 1. The molecule has 1 amide bonds. The fourth-order valence-corrected chi connectivity index (χ4v) is 10.8. The highest BCUT2D eigenvalue weighted by molar-refractivity contribution is 5.76. The van der Waals surface area contributed by atoms with Gasteiger partial charge in [0.15, 0.2) is 18.9 Å². The van der Waals surface area contributed by atoms with E-state index in [9.17, 15) is 61.0 Å². The number of ether oxygens (including phenoxy) is 6. The van der Waals surface area contributed by atoms with E-state index in [0.717, 1.165) is 83.5 Å². The number of unbranched alkanes of at least 4 members (excludes halogenated alkanes) is 19. The van der Waals surface area contributed by atoms with Gasteiger partial charge in [-0.05, 0) is 70.6 Å². The van der Waals surface area contributed by atoms with E-state index in [-0.39, 0.29) is 18.9 Å². The second-order valence-corrected chi connectivity index (χ2v) is 23.6. The quantitative estimate of drug-likeness (QED) is 0.0203. The van der Waals surface area contributed by atoms with Crippen LogP contribution in [-0.2, 0) is 33.2 Å². The molecule has 0 aromatic carbocycles. The molecule has 87 heavy (non-hydrogen) atoms. The van der Waals surface area contributed by atoms with Crippen molar-refractivity contribution in [3.8, 4) is 0 Å². The molecule has 12 N–H and O–H groups in total. The third kappa shape index (κ3) is 32.2. The molecular formula is C68H117NO18. The Morgan fingerprint density at radius 1 is 0.425 bits per heavy atom. The molecule has 0 aromatic heterocycles. The van der Waals surface area contributed by atoms with Crippen molar-refractivity contribution in [2.24, 2.45) is 0 Å². The van der Waals surface area contributed by atoms with E-state index >= 15 is 0 Å². The number of nitrogens with one attached hydrogen (secondary N) is 1. The molecule has 0 spiro atoms. The molecular weight excluding hydrogens is 1120 g/mol. The first-order valence-corrected chi connectivity index (χ1v) is 33.3. The van der Waals surface area contributed by atoms with Gasteiger partial charge in [0, 0.05) is 6.42 Å². The zero-order valence-corrected chi connectivity index (χ0v) is 52.7. The highest BCUT2D eigenvalue weighted by Crippen LogP contribution is 2.33. The van der Waals surface area contributed by atoms with Crippen molar-refractivity contribution in [3.63, 3.8) is 0 Å². The largest absolute Gasteiger partial charge is 0.394 e. The molecule has 3 fully saturated rings. The van der Waals surface area contributed by atoms with E-state index in [1.807, 2.05) is 0 Å². The Balaban J connectivity index is 1.47. The van der Waals surface area contributed by atoms with Crippen LogP contribution in [0.4, 0.5) is 0 Å². The summed E-state index contributed by atoms with van der Waals surface area (Å²) in [6.45, 7) is 1.65. The molecule has 502 valence electrons. The number of rotatable bonds is 49. The molecule has 0 aromatic rings. The second-order valence-electron chi connectivity index (χ2n) is 23.6. The Labute approximate surface area is 520 Å². The monoisotopic (exact) mass is 1240 g/mol. The molecule has 17 unspecified atom stereocenters.